The average molecular weight is 658 g/mol. The Balaban J connectivity index is 0.000000188. The van der Waals surface area contributed by atoms with Gasteiger partial charge in [0.15, 0.2) is 0 Å². The zero-order valence-electron chi connectivity index (χ0n) is 28.6. The van der Waals surface area contributed by atoms with E-state index >= 15 is 0 Å². The lowest BCUT2D eigenvalue weighted by Gasteiger charge is -2.38. The summed E-state index contributed by atoms with van der Waals surface area (Å²) in [5.74, 6) is -2.03. The monoisotopic (exact) mass is 657 g/mol. The van der Waals surface area contributed by atoms with Crippen LogP contribution in [0.2, 0.25) is 0 Å². The van der Waals surface area contributed by atoms with Gasteiger partial charge in [0, 0.05) is 37.0 Å². The van der Waals surface area contributed by atoms with Crippen molar-refractivity contribution < 1.29 is 23.9 Å². The van der Waals surface area contributed by atoms with Crippen molar-refractivity contribution in [2.45, 2.75) is 85.5 Å². The fourth-order valence-corrected chi connectivity index (χ4v) is 7.03. The molecular formula is C36H47N7O5. The number of ether oxygens (including phenoxy) is 1. The van der Waals surface area contributed by atoms with Gasteiger partial charge >= 0.3 is 23.7 Å². The Kier molecular flexibility index (Phi) is 10.8. The molecule has 256 valence electrons. The fourth-order valence-electron chi connectivity index (χ4n) is 7.03. The first-order chi connectivity index (χ1) is 23.1. The largest absolute Gasteiger partial charge is 0.459 e. The van der Waals surface area contributed by atoms with Crippen molar-refractivity contribution in [1.82, 2.24) is 29.4 Å². The molecule has 4 aromatic rings. The number of benzene rings is 2. The van der Waals surface area contributed by atoms with E-state index in [-0.39, 0.29) is 18.7 Å². The first-order valence-electron chi connectivity index (χ1n) is 17.0. The van der Waals surface area contributed by atoms with Gasteiger partial charge in [-0.15, -0.1) is 0 Å². The molecule has 2 aromatic carbocycles. The highest BCUT2D eigenvalue weighted by molar-refractivity contribution is 6.34. The van der Waals surface area contributed by atoms with Crippen LogP contribution in [0.5, 0.6) is 0 Å². The second-order valence-corrected chi connectivity index (χ2v) is 13.0. The van der Waals surface area contributed by atoms with Crippen LogP contribution in [0.25, 0.3) is 21.8 Å². The maximum Gasteiger partial charge on any atom is 0.397 e. The van der Waals surface area contributed by atoms with Crippen LogP contribution in [0.15, 0.2) is 48.8 Å². The lowest BCUT2D eigenvalue weighted by Crippen LogP contribution is -2.46. The third-order valence-corrected chi connectivity index (χ3v) is 9.52. The zero-order valence-corrected chi connectivity index (χ0v) is 28.6. The molecule has 3 amide bonds. The highest BCUT2D eigenvalue weighted by atomic mass is 16.5. The Labute approximate surface area is 281 Å². The Morgan fingerprint density at radius 2 is 1.19 bits per heavy atom. The molecule has 0 bridgehead atoms. The normalized spacial score (nSPS) is 21.1. The predicted molar refractivity (Wildman–Crippen MR) is 182 cm³/mol. The molecule has 0 aliphatic carbocycles. The van der Waals surface area contributed by atoms with E-state index in [2.05, 4.69) is 50.0 Å². The molecule has 2 fully saturated rings. The SMILES string of the molecule is CCOC(=O)C(=O)N1C[C@@H](C)CC[C@@H]1c1ccc2c(cnn2CC)c1.CCn1ncc2cc([C@H]3CC[C@H](C)CN3C(=O)C(N)=O)ccc21. The number of carbonyl (C=O) groups excluding carboxylic acids is 4. The molecule has 0 saturated carbocycles. The van der Waals surface area contributed by atoms with Crippen LogP contribution in [0, 0.1) is 11.8 Å². The van der Waals surface area contributed by atoms with Crippen molar-refractivity contribution in [2.24, 2.45) is 17.6 Å². The van der Waals surface area contributed by atoms with Crippen molar-refractivity contribution >= 4 is 45.5 Å². The number of carbonyl (C=O) groups is 4. The molecule has 0 spiro atoms. The van der Waals surface area contributed by atoms with Gasteiger partial charge in [0.1, 0.15) is 0 Å². The number of hydrogen-bond donors (Lipinski definition) is 1. The number of nitrogens with zero attached hydrogens (tertiary/aromatic N) is 6. The van der Waals surface area contributed by atoms with Gasteiger partial charge in [-0.3, -0.25) is 23.7 Å². The van der Waals surface area contributed by atoms with Crippen molar-refractivity contribution in [3.63, 3.8) is 0 Å². The van der Waals surface area contributed by atoms with Crippen LogP contribution in [-0.4, -0.2) is 72.7 Å². The summed E-state index contributed by atoms with van der Waals surface area (Å²) in [4.78, 5) is 51.4. The van der Waals surface area contributed by atoms with Gasteiger partial charge < -0.3 is 20.3 Å². The van der Waals surface area contributed by atoms with E-state index < -0.39 is 23.7 Å². The summed E-state index contributed by atoms with van der Waals surface area (Å²) in [6, 6.07) is 12.1. The van der Waals surface area contributed by atoms with Crippen molar-refractivity contribution in [2.75, 3.05) is 19.7 Å². The second-order valence-electron chi connectivity index (χ2n) is 13.0. The van der Waals surface area contributed by atoms with Crippen LogP contribution < -0.4 is 5.73 Å². The predicted octanol–water partition coefficient (Wildman–Crippen LogP) is 4.76. The van der Waals surface area contributed by atoms with Crippen LogP contribution >= 0.6 is 0 Å². The second kappa shape index (κ2) is 15.0. The lowest BCUT2D eigenvalue weighted by atomic mass is 9.89. The minimum Gasteiger partial charge on any atom is -0.459 e. The van der Waals surface area contributed by atoms with Crippen molar-refractivity contribution in [3.8, 4) is 0 Å². The molecule has 12 nitrogen and oxygen atoms in total. The number of piperidine rings is 2. The van der Waals surface area contributed by atoms with Gasteiger partial charge in [-0.05, 0) is 93.7 Å². The number of amides is 3. The molecule has 0 radical (unpaired) electrons. The number of aromatic nitrogens is 4. The van der Waals surface area contributed by atoms with E-state index in [1.807, 2.05) is 46.0 Å². The molecule has 2 aliphatic heterocycles. The van der Waals surface area contributed by atoms with Crippen LogP contribution in [0.3, 0.4) is 0 Å². The van der Waals surface area contributed by atoms with Gasteiger partial charge in [0.2, 0.25) is 0 Å². The quantitative estimate of drug-likeness (QED) is 0.241. The van der Waals surface area contributed by atoms with E-state index in [0.29, 0.717) is 24.9 Å². The Bertz CT molecular complexity index is 1800. The molecule has 0 unspecified atom stereocenters. The molecule has 2 aromatic heterocycles. The number of fused-ring (bicyclic) bond motifs is 2. The average Bonchev–Trinajstić information content (AvgIpc) is 3.70. The first-order valence-corrected chi connectivity index (χ1v) is 17.0. The molecule has 4 heterocycles. The highest BCUT2D eigenvalue weighted by Crippen LogP contribution is 2.36. The van der Waals surface area contributed by atoms with Crippen molar-refractivity contribution in [1.29, 1.82) is 0 Å². The Morgan fingerprint density at radius 1 is 0.729 bits per heavy atom. The fraction of sp³-hybridized carbons (Fsp3) is 0.500. The number of nitrogens with two attached hydrogens (primary N) is 1. The van der Waals surface area contributed by atoms with Crippen molar-refractivity contribution in [3.05, 3.63) is 59.9 Å². The molecule has 48 heavy (non-hydrogen) atoms. The lowest BCUT2D eigenvalue weighted by molar-refractivity contribution is -0.162. The highest BCUT2D eigenvalue weighted by Gasteiger charge is 2.35. The Hall–Kier alpha value is -4.74. The number of likely N-dealkylation sites (tertiary alicyclic amines) is 2. The molecule has 4 atom stereocenters. The van der Waals surface area contributed by atoms with E-state index in [0.717, 1.165) is 71.7 Å². The minimum absolute atomic E-state index is 0.0949. The summed E-state index contributed by atoms with van der Waals surface area (Å²) in [6.07, 6.45) is 7.44. The molecule has 6 rings (SSSR count). The smallest absolute Gasteiger partial charge is 0.397 e. The number of hydrogen-bond acceptors (Lipinski definition) is 7. The van der Waals surface area contributed by atoms with Crippen LogP contribution in [0.1, 0.15) is 83.5 Å². The van der Waals surface area contributed by atoms with E-state index in [4.69, 9.17) is 10.5 Å². The summed E-state index contributed by atoms with van der Waals surface area (Å²) in [5, 5.41) is 10.8. The number of aryl methyl sites for hydroxylation is 2. The minimum atomic E-state index is -0.885. The van der Waals surface area contributed by atoms with E-state index in [9.17, 15) is 19.2 Å². The van der Waals surface area contributed by atoms with E-state index in [1.165, 1.54) is 0 Å². The summed E-state index contributed by atoms with van der Waals surface area (Å²) >= 11 is 0. The summed E-state index contributed by atoms with van der Waals surface area (Å²) in [7, 11) is 0. The van der Waals surface area contributed by atoms with Gasteiger partial charge in [-0.2, -0.15) is 10.2 Å². The first kappa shape index (κ1) is 34.6. The molecular weight excluding hydrogens is 610 g/mol. The number of esters is 1. The molecule has 2 aliphatic rings. The number of rotatable bonds is 5. The molecule has 12 heteroatoms. The maximum absolute atomic E-state index is 12.6. The number of primary amides is 1. The van der Waals surface area contributed by atoms with Gasteiger partial charge in [-0.25, -0.2) is 4.79 Å². The Morgan fingerprint density at radius 3 is 1.60 bits per heavy atom. The zero-order chi connectivity index (χ0) is 34.5. The molecule has 2 N–H and O–H groups in total. The maximum atomic E-state index is 12.6. The topological polar surface area (TPSA) is 146 Å². The van der Waals surface area contributed by atoms with Gasteiger partial charge in [-0.1, -0.05) is 26.0 Å². The standard InChI is InChI=1S/C19H25N3O3.C17H22N4O2/c1-4-22-17-9-7-14(10-15(17)11-20-22)16-8-6-13(3)12-21(16)18(23)19(24)25-5-2;1-3-21-15-7-5-12(8-13(15)9-19-21)14-6-4-11(2)10-20(14)17(23)16(18)22/h7,9-11,13,16H,4-6,8,12H2,1-3H3;5,7-9,11,14H,3-4,6,10H2,1-2H3,(H2,18,22)/t13-,16+;11-,14+/m00/s1. The third-order valence-electron chi connectivity index (χ3n) is 9.52. The van der Waals surface area contributed by atoms with Crippen LogP contribution in [0.4, 0.5) is 0 Å². The van der Waals surface area contributed by atoms with Crippen LogP contribution in [-0.2, 0) is 37.0 Å². The van der Waals surface area contributed by atoms with Gasteiger partial charge in [0.25, 0.3) is 0 Å². The summed E-state index contributed by atoms with van der Waals surface area (Å²) in [5.41, 5.74) is 9.47. The third kappa shape index (κ3) is 7.22. The summed E-state index contributed by atoms with van der Waals surface area (Å²) < 4.78 is 8.81. The van der Waals surface area contributed by atoms with E-state index in [1.54, 1.807) is 16.7 Å². The molecule has 2 saturated heterocycles. The summed E-state index contributed by atoms with van der Waals surface area (Å²) in [6.45, 7) is 13.0. The van der Waals surface area contributed by atoms with Gasteiger partial charge in [0.05, 0.1) is 42.1 Å².